The number of aryl methyl sites for hydroxylation is 3. The second kappa shape index (κ2) is 4.60. The highest BCUT2D eigenvalue weighted by Gasteiger charge is 2.12. The van der Waals surface area contributed by atoms with Gasteiger partial charge in [0.05, 0.1) is 11.4 Å². The first-order chi connectivity index (χ1) is 8.47. The molecule has 0 atom stereocenters. The van der Waals surface area contributed by atoms with Crippen molar-refractivity contribution in [1.29, 1.82) is 0 Å². The van der Waals surface area contributed by atoms with Gasteiger partial charge in [0.25, 0.3) is 5.91 Å². The number of rotatable bonds is 2. The SMILES string of the molecule is Cc1cc(F)ccc1C(=O)Nc1cn(C)nc1C. The molecule has 5 heteroatoms. The summed E-state index contributed by atoms with van der Waals surface area (Å²) in [6.45, 7) is 3.52. The summed E-state index contributed by atoms with van der Waals surface area (Å²) in [5.74, 6) is -0.606. The number of halogens is 1. The first kappa shape index (κ1) is 12.3. The normalized spacial score (nSPS) is 10.4. The third kappa shape index (κ3) is 2.40. The van der Waals surface area contributed by atoms with Crippen molar-refractivity contribution in [3.05, 3.63) is 47.0 Å². The second-order valence-corrected chi connectivity index (χ2v) is 4.22. The maximum atomic E-state index is 13.0. The largest absolute Gasteiger partial charge is 0.319 e. The lowest BCUT2D eigenvalue weighted by molar-refractivity contribution is 0.102. The number of benzene rings is 1. The van der Waals surface area contributed by atoms with Crippen molar-refractivity contribution in [3.63, 3.8) is 0 Å². The summed E-state index contributed by atoms with van der Waals surface area (Å²) >= 11 is 0. The quantitative estimate of drug-likeness (QED) is 0.886. The summed E-state index contributed by atoms with van der Waals surface area (Å²) in [5, 5.41) is 6.90. The smallest absolute Gasteiger partial charge is 0.256 e. The number of anilines is 1. The Morgan fingerprint density at radius 2 is 2.11 bits per heavy atom. The van der Waals surface area contributed by atoms with Gasteiger partial charge in [0.1, 0.15) is 5.82 Å². The van der Waals surface area contributed by atoms with E-state index in [0.717, 1.165) is 5.69 Å². The van der Waals surface area contributed by atoms with Gasteiger partial charge in [-0.15, -0.1) is 0 Å². The van der Waals surface area contributed by atoms with Crippen LogP contribution in [-0.4, -0.2) is 15.7 Å². The van der Waals surface area contributed by atoms with E-state index in [9.17, 15) is 9.18 Å². The number of carbonyl (C=O) groups is 1. The van der Waals surface area contributed by atoms with Crippen LogP contribution in [0.1, 0.15) is 21.6 Å². The summed E-state index contributed by atoms with van der Waals surface area (Å²) in [5.41, 5.74) is 2.46. The van der Waals surface area contributed by atoms with Crippen molar-refractivity contribution in [3.8, 4) is 0 Å². The lowest BCUT2D eigenvalue weighted by Crippen LogP contribution is -2.13. The fourth-order valence-corrected chi connectivity index (χ4v) is 1.79. The van der Waals surface area contributed by atoms with Crippen molar-refractivity contribution in [2.45, 2.75) is 13.8 Å². The van der Waals surface area contributed by atoms with Gasteiger partial charge in [0.15, 0.2) is 0 Å². The fraction of sp³-hybridized carbons (Fsp3) is 0.231. The van der Waals surface area contributed by atoms with E-state index in [-0.39, 0.29) is 11.7 Å². The summed E-state index contributed by atoms with van der Waals surface area (Å²) in [4.78, 5) is 12.0. The molecule has 2 rings (SSSR count). The summed E-state index contributed by atoms with van der Waals surface area (Å²) < 4.78 is 14.6. The maximum Gasteiger partial charge on any atom is 0.256 e. The molecule has 0 saturated heterocycles. The molecule has 0 spiro atoms. The van der Waals surface area contributed by atoms with E-state index >= 15 is 0 Å². The van der Waals surface area contributed by atoms with Crippen LogP contribution in [0, 0.1) is 19.7 Å². The van der Waals surface area contributed by atoms with Crippen LogP contribution in [-0.2, 0) is 7.05 Å². The Balaban J connectivity index is 2.24. The second-order valence-electron chi connectivity index (χ2n) is 4.22. The minimum atomic E-state index is -0.346. The fourth-order valence-electron chi connectivity index (χ4n) is 1.79. The zero-order valence-electron chi connectivity index (χ0n) is 10.5. The van der Waals surface area contributed by atoms with Gasteiger partial charge in [-0.25, -0.2) is 4.39 Å². The molecular formula is C13H14FN3O. The van der Waals surface area contributed by atoms with E-state index in [2.05, 4.69) is 10.4 Å². The highest BCUT2D eigenvalue weighted by molar-refractivity contribution is 6.05. The number of hydrogen-bond donors (Lipinski definition) is 1. The van der Waals surface area contributed by atoms with Crippen molar-refractivity contribution < 1.29 is 9.18 Å². The Kier molecular flexibility index (Phi) is 3.14. The molecular weight excluding hydrogens is 233 g/mol. The molecule has 94 valence electrons. The summed E-state index contributed by atoms with van der Waals surface area (Å²) in [6.07, 6.45) is 1.73. The van der Waals surface area contributed by atoms with Crippen molar-refractivity contribution in [2.24, 2.45) is 7.05 Å². The van der Waals surface area contributed by atoms with Crippen LogP contribution in [0.5, 0.6) is 0 Å². The number of carbonyl (C=O) groups excluding carboxylic acids is 1. The Labute approximate surface area is 104 Å². The van der Waals surface area contributed by atoms with E-state index < -0.39 is 0 Å². The number of aromatic nitrogens is 2. The lowest BCUT2D eigenvalue weighted by atomic mass is 10.1. The van der Waals surface area contributed by atoms with Gasteiger partial charge in [0, 0.05) is 18.8 Å². The molecule has 4 nitrogen and oxygen atoms in total. The van der Waals surface area contributed by atoms with Crippen LogP contribution >= 0.6 is 0 Å². The first-order valence-corrected chi connectivity index (χ1v) is 5.55. The zero-order chi connectivity index (χ0) is 13.3. The Morgan fingerprint density at radius 1 is 1.39 bits per heavy atom. The minimum absolute atomic E-state index is 0.261. The minimum Gasteiger partial charge on any atom is -0.319 e. The molecule has 0 aliphatic rings. The molecule has 0 aliphatic carbocycles. The maximum absolute atomic E-state index is 13.0. The van der Waals surface area contributed by atoms with Gasteiger partial charge >= 0.3 is 0 Å². The molecule has 1 heterocycles. The monoisotopic (exact) mass is 247 g/mol. The van der Waals surface area contributed by atoms with Crippen molar-refractivity contribution in [2.75, 3.05) is 5.32 Å². The molecule has 18 heavy (non-hydrogen) atoms. The average molecular weight is 247 g/mol. The molecule has 0 unspecified atom stereocenters. The van der Waals surface area contributed by atoms with Crippen LogP contribution in [0.25, 0.3) is 0 Å². The van der Waals surface area contributed by atoms with Gasteiger partial charge in [-0.05, 0) is 37.6 Å². The highest BCUT2D eigenvalue weighted by Crippen LogP contribution is 2.15. The standard InChI is InChI=1S/C13H14FN3O/c1-8-6-10(14)4-5-11(8)13(18)15-12-7-17(3)16-9(12)2/h4-7H,1-3H3,(H,15,18). The van der Waals surface area contributed by atoms with E-state index in [4.69, 9.17) is 0 Å². The van der Waals surface area contributed by atoms with Crippen LogP contribution in [0.2, 0.25) is 0 Å². The van der Waals surface area contributed by atoms with Gasteiger partial charge in [0.2, 0.25) is 0 Å². The topological polar surface area (TPSA) is 46.9 Å². The molecule has 1 aromatic heterocycles. The molecule has 1 amide bonds. The Hall–Kier alpha value is -2.17. The van der Waals surface area contributed by atoms with E-state index in [1.54, 1.807) is 24.9 Å². The Morgan fingerprint density at radius 3 is 2.67 bits per heavy atom. The van der Waals surface area contributed by atoms with E-state index in [0.29, 0.717) is 16.8 Å². The average Bonchev–Trinajstić information content (AvgIpc) is 2.57. The summed E-state index contributed by atoms with van der Waals surface area (Å²) in [7, 11) is 1.78. The predicted octanol–water partition coefficient (Wildman–Crippen LogP) is 2.43. The highest BCUT2D eigenvalue weighted by atomic mass is 19.1. The predicted molar refractivity (Wildman–Crippen MR) is 67.0 cm³/mol. The number of nitrogens with one attached hydrogen (secondary N) is 1. The van der Waals surface area contributed by atoms with E-state index in [1.807, 2.05) is 6.92 Å². The third-order valence-corrected chi connectivity index (χ3v) is 2.69. The van der Waals surface area contributed by atoms with E-state index in [1.165, 1.54) is 18.2 Å². The third-order valence-electron chi connectivity index (χ3n) is 2.69. The zero-order valence-corrected chi connectivity index (χ0v) is 10.5. The van der Waals surface area contributed by atoms with Gasteiger partial charge in [-0.3, -0.25) is 9.48 Å². The molecule has 0 aliphatic heterocycles. The molecule has 0 radical (unpaired) electrons. The number of nitrogens with zero attached hydrogens (tertiary/aromatic N) is 2. The molecule has 2 aromatic rings. The molecule has 0 bridgehead atoms. The van der Waals surface area contributed by atoms with Crippen LogP contribution < -0.4 is 5.32 Å². The van der Waals surface area contributed by atoms with Gasteiger partial charge in [-0.2, -0.15) is 5.10 Å². The Bertz CT molecular complexity index is 604. The van der Waals surface area contributed by atoms with Crippen LogP contribution in [0.3, 0.4) is 0 Å². The molecule has 0 fully saturated rings. The molecule has 0 saturated carbocycles. The van der Waals surface area contributed by atoms with Crippen LogP contribution in [0.15, 0.2) is 24.4 Å². The number of hydrogen-bond acceptors (Lipinski definition) is 2. The van der Waals surface area contributed by atoms with Crippen molar-refractivity contribution in [1.82, 2.24) is 9.78 Å². The number of amides is 1. The lowest BCUT2D eigenvalue weighted by Gasteiger charge is -2.06. The van der Waals surface area contributed by atoms with Gasteiger partial charge < -0.3 is 5.32 Å². The molecule has 1 aromatic carbocycles. The van der Waals surface area contributed by atoms with Crippen LogP contribution in [0.4, 0.5) is 10.1 Å². The van der Waals surface area contributed by atoms with Gasteiger partial charge in [-0.1, -0.05) is 0 Å². The molecule has 1 N–H and O–H groups in total. The first-order valence-electron chi connectivity index (χ1n) is 5.55. The summed E-state index contributed by atoms with van der Waals surface area (Å²) in [6, 6.07) is 4.09. The van der Waals surface area contributed by atoms with Crippen molar-refractivity contribution >= 4 is 11.6 Å².